The minimum absolute atomic E-state index is 0.117. The van der Waals surface area contributed by atoms with Gasteiger partial charge in [-0.15, -0.1) is 0 Å². The van der Waals surface area contributed by atoms with E-state index in [9.17, 15) is 14.0 Å². The molecule has 23 heavy (non-hydrogen) atoms. The van der Waals surface area contributed by atoms with Crippen molar-refractivity contribution in [3.63, 3.8) is 0 Å². The van der Waals surface area contributed by atoms with Crippen LogP contribution >= 0.6 is 11.6 Å². The van der Waals surface area contributed by atoms with E-state index in [-0.39, 0.29) is 18.3 Å². The minimum atomic E-state index is -0.593. The van der Waals surface area contributed by atoms with E-state index in [0.717, 1.165) is 0 Å². The van der Waals surface area contributed by atoms with Gasteiger partial charge in [-0.2, -0.15) is 0 Å². The second-order valence-corrected chi connectivity index (χ2v) is 5.79. The van der Waals surface area contributed by atoms with Gasteiger partial charge in [0.15, 0.2) is 0 Å². The summed E-state index contributed by atoms with van der Waals surface area (Å²) in [5.74, 6) is -0.641. The van der Waals surface area contributed by atoms with E-state index in [1.165, 1.54) is 21.9 Å². The highest BCUT2D eigenvalue weighted by Gasteiger charge is 2.43. The quantitative estimate of drug-likeness (QED) is 0.801. The average molecular weight is 333 g/mol. The molecule has 1 atom stereocenters. The van der Waals surface area contributed by atoms with Crippen LogP contribution in [0.25, 0.3) is 0 Å². The molecule has 3 rings (SSSR count). The summed E-state index contributed by atoms with van der Waals surface area (Å²) in [5.41, 5.74) is 1.31. The molecule has 1 saturated heterocycles. The number of benzene rings is 2. The lowest BCUT2D eigenvalue weighted by molar-refractivity contribution is -0.127. The van der Waals surface area contributed by atoms with Gasteiger partial charge in [0.2, 0.25) is 0 Å². The van der Waals surface area contributed by atoms with Crippen LogP contribution in [0.1, 0.15) is 12.5 Å². The molecule has 0 saturated carbocycles. The van der Waals surface area contributed by atoms with Crippen LogP contribution in [0.4, 0.5) is 14.9 Å². The van der Waals surface area contributed by atoms with Gasteiger partial charge in [0, 0.05) is 10.7 Å². The Morgan fingerprint density at radius 1 is 1.04 bits per heavy atom. The molecule has 2 aromatic rings. The summed E-state index contributed by atoms with van der Waals surface area (Å²) >= 11 is 5.86. The van der Waals surface area contributed by atoms with Crippen LogP contribution in [0.5, 0.6) is 0 Å². The lowest BCUT2D eigenvalue weighted by atomic mass is 10.2. The number of rotatable bonds is 3. The van der Waals surface area contributed by atoms with Gasteiger partial charge < -0.3 is 0 Å². The molecule has 1 fully saturated rings. The van der Waals surface area contributed by atoms with Gasteiger partial charge in [0.1, 0.15) is 11.9 Å². The molecule has 1 heterocycles. The Morgan fingerprint density at radius 3 is 2.26 bits per heavy atom. The van der Waals surface area contributed by atoms with E-state index in [1.54, 1.807) is 43.3 Å². The molecule has 0 spiro atoms. The Morgan fingerprint density at radius 2 is 1.65 bits per heavy atom. The molecule has 1 unspecified atom stereocenters. The van der Waals surface area contributed by atoms with Crippen molar-refractivity contribution in [3.05, 3.63) is 64.9 Å². The van der Waals surface area contributed by atoms with Crippen molar-refractivity contribution >= 4 is 29.2 Å². The molecule has 6 heteroatoms. The highest BCUT2D eigenvalue weighted by atomic mass is 35.5. The maximum atomic E-state index is 13.0. The maximum Gasteiger partial charge on any atom is 0.332 e. The Bertz CT molecular complexity index is 746. The molecular weight excluding hydrogens is 319 g/mol. The number of hydrogen-bond donors (Lipinski definition) is 0. The molecule has 4 nitrogen and oxygen atoms in total. The second-order valence-electron chi connectivity index (χ2n) is 5.36. The van der Waals surface area contributed by atoms with E-state index in [0.29, 0.717) is 16.3 Å². The number of anilines is 1. The van der Waals surface area contributed by atoms with Gasteiger partial charge in [0.25, 0.3) is 5.91 Å². The first-order valence-electron chi connectivity index (χ1n) is 7.12. The SMILES string of the molecule is CC1C(=O)N(Cc2ccc(F)cc2)C(=O)N1c1ccc(Cl)cc1. The number of carbonyl (C=O) groups excluding carboxylic acids is 2. The number of nitrogens with zero attached hydrogens (tertiary/aromatic N) is 2. The van der Waals surface area contributed by atoms with Crippen LogP contribution in [0.15, 0.2) is 48.5 Å². The highest BCUT2D eigenvalue weighted by Crippen LogP contribution is 2.28. The van der Waals surface area contributed by atoms with Crippen LogP contribution in [0.2, 0.25) is 5.02 Å². The van der Waals surface area contributed by atoms with Gasteiger partial charge in [-0.1, -0.05) is 23.7 Å². The Hall–Kier alpha value is -2.40. The minimum Gasteiger partial charge on any atom is -0.282 e. The maximum absolute atomic E-state index is 13.0. The summed E-state index contributed by atoms with van der Waals surface area (Å²) < 4.78 is 13.0. The number of carbonyl (C=O) groups is 2. The van der Waals surface area contributed by atoms with E-state index in [2.05, 4.69) is 0 Å². The summed E-state index contributed by atoms with van der Waals surface area (Å²) in [6.45, 7) is 1.80. The molecule has 118 valence electrons. The van der Waals surface area contributed by atoms with Crippen LogP contribution in [0, 0.1) is 5.82 Å². The molecule has 0 aromatic heterocycles. The van der Waals surface area contributed by atoms with E-state index in [1.807, 2.05) is 0 Å². The fourth-order valence-corrected chi connectivity index (χ4v) is 2.71. The molecule has 1 aliphatic rings. The molecule has 2 aromatic carbocycles. The van der Waals surface area contributed by atoms with Crippen molar-refractivity contribution < 1.29 is 14.0 Å². The Kier molecular flexibility index (Phi) is 4.05. The fraction of sp³-hybridized carbons (Fsp3) is 0.176. The van der Waals surface area contributed by atoms with Crippen LogP contribution in [0.3, 0.4) is 0 Å². The van der Waals surface area contributed by atoms with Crippen molar-refractivity contribution in [1.29, 1.82) is 0 Å². The summed E-state index contributed by atoms with van der Waals surface area (Å²) in [6.07, 6.45) is 0. The summed E-state index contributed by atoms with van der Waals surface area (Å²) in [7, 11) is 0. The van der Waals surface area contributed by atoms with Gasteiger partial charge >= 0.3 is 6.03 Å². The monoisotopic (exact) mass is 332 g/mol. The van der Waals surface area contributed by atoms with Gasteiger partial charge in [0.05, 0.1) is 6.54 Å². The lowest BCUT2D eigenvalue weighted by Crippen LogP contribution is -2.33. The van der Waals surface area contributed by atoms with E-state index < -0.39 is 12.1 Å². The largest absolute Gasteiger partial charge is 0.332 e. The predicted octanol–water partition coefficient (Wildman–Crippen LogP) is 3.84. The molecule has 0 radical (unpaired) electrons. The molecule has 3 amide bonds. The molecular formula is C17H14ClFN2O2. The van der Waals surface area contributed by atoms with Crippen molar-refractivity contribution in [2.24, 2.45) is 0 Å². The van der Waals surface area contributed by atoms with Crippen LogP contribution in [-0.4, -0.2) is 22.9 Å². The Labute approximate surface area is 138 Å². The van der Waals surface area contributed by atoms with Gasteiger partial charge in [-0.25, -0.2) is 9.18 Å². The zero-order valence-electron chi connectivity index (χ0n) is 12.4. The fourth-order valence-electron chi connectivity index (χ4n) is 2.58. The highest BCUT2D eigenvalue weighted by molar-refractivity contribution is 6.30. The smallest absolute Gasteiger partial charge is 0.282 e. The van der Waals surface area contributed by atoms with E-state index in [4.69, 9.17) is 11.6 Å². The average Bonchev–Trinajstić information content (AvgIpc) is 2.74. The van der Waals surface area contributed by atoms with Crippen molar-refractivity contribution in [2.45, 2.75) is 19.5 Å². The van der Waals surface area contributed by atoms with Crippen molar-refractivity contribution in [1.82, 2.24) is 4.90 Å². The van der Waals surface area contributed by atoms with Crippen LogP contribution < -0.4 is 4.90 Å². The third-order valence-corrected chi connectivity index (χ3v) is 4.06. The molecule has 0 N–H and O–H groups in total. The summed E-state index contributed by atoms with van der Waals surface area (Å²) in [5, 5.41) is 0.558. The number of urea groups is 1. The zero-order chi connectivity index (χ0) is 16.6. The number of halogens is 2. The number of imide groups is 1. The molecule has 1 aliphatic heterocycles. The second kappa shape index (κ2) is 6.01. The summed E-state index contributed by atoms with van der Waals surface area (Å²) in [6, 6.07) is 11.5. The third kappa shape index (κ3) is 2.92. The first kappa shape index (κ1) is 15.5. The molecule has 0 bridgehead atoms. The normalized spacial score (nSPS) is 18.0. The first-order valence-corrected chi connectivity index (χ1v) is 7.50. The van der Waals surface area contributed by atoms with Gasteiger partial charge in [-0.05, 0) is 48.9 Å². The standard InChI is InChI=1S/C17H14ClFN2O2/c1-11-16(22)20(10-12-2-6-14(19)7-3-12)17(23)21(11)15-8-4-13(18)5-9-15/h2-9,11H,10H2,1H3. The zero-order valence-corrected chi connectivity index (χ0v) is 13.1. The Balaban J connectivity index is 1.85. The summed E-state index contributed by atoms with van der Waals surface area (Å²) in [4.78, 5) is 27.6. The van der Waals surface area contributed by atoms with Crippen LogP contribution in [-0.2, 0) is 11.3 Å². The first-order chi connectivity index (χ1) is 11.0. The van der Waals surface area contributed by atoms with Crippen molar-refractivity contribution in [3.8, 4) is 0 Å². The van der Waals surface area contributed by atoms with Crippen molar-refractivity contribution in [2.75, 3.05) is 4.90 Å². The number of hydrogen-bond acceptors (Lipinski definition) is 2. The van der Waals surface area contributed by atoms with Gasteiger partial charge in [-0.3, -0.25) is 14.6 Å². The lowest BCUT2D eigenvalue weighted by Gasteiger charge is -2.19. The molecule has 0 aliphatic carbocycles. The van der Waals surface area contributed by atoms with E-state index >= 15 is 0 Å². The predicted molar refractivity (Wildman–Crippen MR) is 85.7 cm³/mol. The topological polar surface area (TPSA) is 40.6 Å². The number of amides is 3. The third-order valence-electron chi connectivity index (χ3n) is 3.81.